The first kappa shape index (κ1) is 7.58. The number of carboxylic acid groups (broad SMARTS) is 1. The minimum Gasteiger partial charge on any atom is -0.481 e. The second kappa shape index (κ2) is 2.60. The van der Waals surface area contributed by atoms with Crippen LogP contribution in [0.3, 0.4) is 0 Å². The second-order valence-electron chi connectivity index (χ2n) is 3.23. The molecule has 1 N–H and O–H groups in total. The van der Waals surface area contributed by atoms with Crippen molar-refractivity contribution >= 4 is 5.97 Å². The van der Waals surface area contributed by atoms with Gasteiger partial charge in [0.15, 0.2) is 0 Å². The predicted molar refractivity (Wildman–Crippen MR) is 38.7 cm³/mol. The van der Waals surface area contributed by atoms with Crippen LogP contribution in [0.25, 0.3) is 0 Å². The molecule has 1 rings (SSSR count). The van der Waals surface area contributed by atoms with Crippen LogP contribution in [-0.2, 0) is 4.79 Å². The molecule has 58 valence electrons. The summed E-state index contributed by atoms with van der Waals surface area (Å²) in [5.74, 6) is 0.440. The second-order valence-corrected chi connectivity index (χ2v) is 3.23. The molecule has 0 amide bonds. The number of carbonyl (C=O) groups is 1. The van der Waals surface area contributed by atoms with Gasteiger partial charge in [-0.2, -0.15) is 0 Å². The molecule has 2 heteroatoms. The average molecular weight is 142 g/mol. The van der Waals surface area contributed by atoms with Gasteiger partial charge in [-0.15, -0.1) is 0 Å². The summed E-state index contributed by atoms with van der Waals surface area (Å²) < 4.78 is 0. The molecule has 3 atom stereocenters. The quantitative estimate of drug-likeness (QED) is 0.651. The highest BCUT2D eigenvalue weighted by molar-refractivity contribution is 5.70. The van der Waals surface area contributed by atoms with Gasteiger partial charge in [0, 0.05) is 0 Å². The minimum absolute atomic E-state index is 0.0741. The van der Waals surface area contributed by atoms with Crippen LogP contribution in [0, 0.1) is 17.8 Å². The van der Waals surface area contributed by atoms with Crippen molar-refractivity contribution in [1.82, 2.24) is 0 Å². The molecular formula is C8H14O2. The number of hydrogen-bond donors (Lipinski definition) is 1. The largest absolute Gasteiger partial charge is 0.481 e. The third-order valence-electron chi connectivity index (χ3n) is 2.45. The van der Waals surface area contributed by atoms with Crippen LogP contribution in [-0.4, -0.2) is 11.1 Å². The van der Waals surface area contributed by atoms with Gasteiger partial charge in [0.2, 0.25) is 0 Å². The predicted octanol–water partition coefficient (Wildman–Crippen LogP) is 1.75. The third kappa shape index (κ3) is 1.31. The normalized spacial score (nSPS) is 33.4. The lowest BCUT2D eigenvalue weighted by atomic mass is 10.00. The van der Waals surface area contributed by atoms with Crippen molar-refractivity contribution in [1.29, 1.82) is 0 Å². The average Bonchev–Trinajstić information content (AvgIpc) is 2.48. The zero-order chi connectivity index (χ0) is 7.72. The molecule has 1 fully saturated rings. The van der Waals surface area contributed by atoms with Gasteiger partial charge in [0.1, 0.15) is 0 Å². The molecule has 0 aromatic rings. The SMILES string of the molecule is CCC(C(=O)O)C1CC1C. The van der Waals surface area contributed by atoms with E-state index in [-0.39, 0.29) is 5.92 Å². The third-order valence-corrected chi connectivity index (χ3v) is 2.45. The number of carboxylic acids is 1. The van der Waals surface area contributed by atoms with Crippen LogP contribution in [0.2, 0.25) is 0 Å². The monoisotopic (exact) mass is 142 g/mol. The molecule has 1 aliphatic carbocycles. The molecule has 0 aromatic heterocycles. The molecule has 0 saturated heterocycles. The van der Waals surface area contributed by atoms with Gasteiger partial charge in [0.05, 0.1) is 5.92 Å². The summed E-state index contributed by atoms with van der Waals surface area (Å²) in [6, 6.07) is 0. The minimum atomic E-state index is -0.614. The van der Waals surface area contributed by atoms with Gasteiger partial charge in [0.25, 0.3) is 0 Å². The van der Waals surface area contributed by atoms with Gasteiger partial charge in [-0.1, -0.05) is 13.8 Å². The Morgan fingerprint density at radius 2 is 2.30 bits per heavy atom. The highest BCUT2D eigenvalue weighted by Crippen LogP contribution is 2.44. The maximum absolute atomic E-state index is 10.6. The van der Waals surface area contributed by atoms with E-state index in [0.29, 0.717) is 11.8 Å². The Kier molecular flexibility index (Phi) is 1.97. The number of aliphatic carboxylic acids is 1. The molecular weight excluding hydrogens is 128 g/mol. The maximum Gasteiger partial charge on any atom is 0.306 e. The highest BCUT2D eigenvalue weighted by atomic mass is 16.4. The van der Waals surface area contributed by atoms with Crippen LogP contribution in [0.5, 0.6) is 0 Å². The Morgan fingerprint density at radius 3 is 2.40 bits per heavy atom. The van der Waals surface area contributed by atoms with Crippen LogP contribution in [0.1, 0.15) is 26.7 Å². The Morgan fingerprint density at radius 1 is 1.80 bits per heavy atom. The summed E-state index contributed by atoms with van der Waals surface area (Å²) in [5, 5.41) is 8.70. The van der Waals surface area contributed by atoms with Crippen LogP contribution >= 0.6 is 0 Å². The maximum atomic E-state index is 10.6. The molecule has 1 aliphatic rings. The molecule has 2 nitrogen and oxygen atoms in total. The molecule has 0 bridgehead atoms. The first-order chi connectivity index (χ1) is 4.66. The molecule has 0 heterocycles. The van der Waals surface area contributed by atoms with E-state index < -0.39 is 5.97 Å². The van der Waals surface area contributed by atoms with Gasteiger partial charge < -0.3 is 5.11 Å². The van der Waals surface area contributed by atoms with E-state index in [1.54, 1.807) is 0 Å². The molecule has 0 radical (unpaired) electrons. The topological polar surface area (TPSA) is 37.3 Å². The summed E-state index contributed by atoms with van der Waals surface area (Å²) in [4.78, 5) is 10.6. The smallest absolute Gasteiger partial charge is 0.306 e. The number of hydrogen-bond acceptors (Lipinski definition) is 1. The first-order valence-electron chi connectivity index (χ1n) is 3.89. The lowest BCUT2D eigenvalue weighted by Gasteiger charge is -2.06. The molecule has 10 heavy (non-hydrogen) atoms. The molecule has 0 spiro atoms. The summed E-state index contributed by atoms with van der Waals surface area (Å²) >= 11 is 0. The molecule has 3 unspecified atom stereocenters. The van der Waals surface area contributed by atoms with Crippen molar-refractivity contribution in [3.8, 4) is 0 Å². The Hall–Kier alpha value is -0.530. The fourth-order valence-electron chi connectivity index (χ4n) is 1.57. The van der Waals surface area contributed by atoms with Gasteiger partial charge in [-0.05, 0) is 24.7 Å². The lowest BCUT2D eigenvalue weighted by molar-refractivity contribution is -0.142. The molecule has 1 saturated carbocycles. The Balaban J connectivity index is 2.42. The van der Waals surface area contributed by atoms with Gasteiger partial charge in [-0.3, -0.25) is 4.79 Å². The van der Waals surface area contributed by atoms with Crippen molar-refractivity contribution in [2.75, 3.05) is 0 Å². The van der Waals surface area contributed by atoms with E-state index in [4.69, 9.17) is 5.11 Å². The Labute approximate surface area is 61.2 Å². The summed E-state index contributed by atoms with van der Waals surface area (Å²) in [5.41, 5.74) is 0. The van der Waals surface area contributed by atoms with Gasteiger partial charge >= 0.3 is 5.97 Å². The first-order valence-corrected chi connectivity index (χ1v) is 3.89. The van der Waals surface area contributed by atoms with Crippen molar-refractivity contribution in [3.05, 3.63) is 0 Å². The summed E-state index contributed by atoms with van der Waals surface area (Å²) in [6.07, 6.45) is 1.90. The zero-order valence-corrected chi connectivity index (χ0v) is 6.50. The molecule has 0 aromatic carbocycles. The number of rotatable bonds is 3. The van der Waals surface area contributed by atoms with E-state index in [9.17, 15) is 4.79 Å². The highest BCUT2D eigenvalue weighted by Gasteiger charge is 2.41. The van der Waals surface area contributed by atoms with Gasteiger partial charge in [-0.25, -0.2) is 0 Å². The van der Waals surface area contributed by atoms with E-state index >= 15 is 0 Å². The van der Waals surface area contributed by atoms with E-state index in [0.717, 1.165) is 12.8 Å². The molecule has 0 aliphatic heterocycles. The van der Waals surface area contributed by atoms with E-state index in [1.807, 2.05) is 6.92 Å². The van der Waals surface area contributed by atoms with E-state index in [2.05, 4.69) is 6.92 Å². The fraction of sp³-hybridized carbons (Fsp3) is 0.875. The lowest BCUT2D eigenvalue weighted by Crippen LogP contribution is -2.15. The van der Waals surface area contributed by atoms with Crippen molar-refractivity contribution < 1.29 is 9.90 Å². The zero-order valence-electron chi connectivity index (χ0n) is 6.50. The summed E-state index contributed by atoms with van der Waals surface area (Å²) in [6.45, 7) is 4.07. The van der Waals surface area contributed by atoms with Crippen LogP contribution < -0.4 is 0 Å². The van der Waals surface area contributed by atoms with Crippen molar-refractivity contribution in [2.45, 2.75) is 26.7 Å². The fourth-order valence-corrected chi connectivity index (χ4v) is 1.57. The van der Waals surface area contributed by atoms with Crippen molar-refractivity contribution in [3.63, 3.8) is 0 Å². The summed E-state index contributed by atoms with van der Waals surface area (Å²) in [7, 11) is 0. The Bertz CT molecular complexity index is 142. The van der Waals surface area contributed by atoms with Crippen molar-refractivity contribution in [2.24, 2.45) is 17.8 Å². The van der Waals surface area contributed by atoms with Crippen LogP contribution in [0.4, 0.5) is 0 Å². The standard InChI is InChI=1S/C8H14O2/c1-3-6(8(9)10)7-4-5(7)2/h5-7H,3-4H2,1-2H3,(H,9,10). The van der Waals surface area contributed by atoms with Crippen LogP contribution in [0.15, 0.2) is 0 Å². The van der Waals surface area contributed by atoms with E-state index in [1.165, 1.54) is 0 Å².